The van der Waals surface area contributed by atoms with Gasteiger partial charge in [0, 0.05) is 17.6 Å². The molecular formula is C15H22BClO4. The standard InChI is InChI=1S/C15H22BClO4/c1-14(2)15(3,4)21-16(20-14)13-11(9-19-10-18-5)7-6-8-12(13)17/h6-8H,9-10H2,1-5H3. The highest BCUT2D eigenvalue weighted by molar-refractivity contribution is 6.66. The number of halogens is 1. The molecule has 2 rings (SSSR count). The van der Waals surface area contributed by atoms with Gasteiger partial charge in [0.1, 0.15) is 6.79 Å². The molecule has 116 valence electrons. The van der Waals surface area contributed by atoms with Crippen molar-refractivity contribution in [2.24, 2.45) is 0 Å². The largest absolute Gasteiger partial charge is 0.496 e. The fourth-order valence-corrected chi connectivity index (χ4v) is 2.45. The Bertz CT molecular complexity index is 488. The van der Waals surface area contributed by atoms with Gasteiger partial charge in [0.25, 0.3) is 0 Å². The molecule has 21 heavy (non-hydrogen) atoms. The molecular weight excluding hydrogens is 290 g/mol. The molecule has 1 aliphatic rings. The van der Waals surface area contributed by atoms with Gasteiger partial charge in [-0.05, 0) is 39.3 Å². The van der Waals surface area contributed by atoms with Crippen molar-refractivity contribution >= 4 is 24.2 Å². The van der Waals surface area contributed by atoms with E-state index in [4.69, 9.17) is 30.4 Å². The van der Waals surface area contributed by atoms with E-state index in [0.717, 1.165) is 11.0 Å². The second-order valence-corrected chi connectivity index (χ2v) is 6.56. The number of benzene rings is 1. The van der Waals surface area contributed by atoms with Crippen LogP contribution in [-0.2, 0) is 25.4 Å². The van der Waals surface area contributed by atoms with E-state index in [1.165, 1.54) is 0 Å². The summed E-state index contributed by atoms with van der Waals surface area (Å²) in [5.74, 6) is 0. The maximum absolute atomic E-state index is 6.36. The molecule has 1 aliphatic heterocycles. The van der Waals surface area contributed by atoms with E-state index in [1.807, 2.05) is 45.9 Å². The molecule has 0 amide bonds. The first-order valence-electron chi connectivity index (χ1n) is 6.98. The predicted molar refractivity (Wildman–Crippen MR) is 83.8 cm³/mol. The van der Waals surface area contributed by atoms with E-state index >= 15 is 0 Å². The third kappa shape index (κ3) is 3.43. The molecule has 0 radical (unpaired) electrons. The number of rotatable bonds is 5. The minimum absolute atomic E-state index is 0.231. The van der Waals surface area contributed by atoms with Crippen molar-refractivity contribution in [2.45, 2.75) is 45.5 Å². The molecule has 1 heterocycles. The molecule has 6 heteroatoms. The maximum atomic E-state index is 6.36. The van der Waals surface area contributed by atoms with Gasteiger partial charge in [-0.25, -0.2) is 0 Å². The highest BCUT2D eigenvalue weighted by atomic mass is 35.5. The van der Waals surface area contributed by atoms with Gasteiger partial charge in [-0.2, -0.15) is 0 Å². The molecule has 0 bridgehead atoms. The van der Waals surface area contributed by atoms with E-state index in [2.05, 4.69) is 0 Å². The number of ether oxygens (including phenoxy) is 2. The van der Waals surface area contributed by atoms with Crippen molar-refractivity contribution in [3.05, 3.63) is 28.8 Å². The van der Waals surface area contributed by atoms with Gasteiger partial charge >= 0.3 is 7.12 Å². The van der Waals surface area contributed by atoms with Crippen LogP contribution in [0.15, 0.2) is 18.2 Å². The minimum atomic E-state index is -0.496. The summed E-state index contributed by atoms with van der Waals surface area (Å²) in [5.41, 5.74) is 0.968. The molecule has 0 saturated carbocycles. The van der Waals surface area contributed by atoms with E-state index in [0.29, 0.717) is 11.6 Å². The lowest BCUT2D eigenvalue weighted by Crippen LogP contribution is -2.41. The Hall–Kier alpha value is -0.585. The minimum Gasteiger partial charge on any atom is -0.399 e. The number of hydrogen-bond donors (Lipinski definition) is 0. The summed E-state index contributed by atoms with van der Waals surface area (Å²) < 4.78 is 22.5. The Labute approximate surface area is 131 Å². The third-order valence-electron chi connectivity index (χ3n) is 4.09. The van der Waals surface area contributed by atoms with Crippen LogP contribution in [-0.4, -0.2) is 32.2 Å². The zero-order valence-corrected chi connectivity index (χ0v) is 14.0. The van der Waals surface area contributed by atoms with Crippen LogP contribution < -0.4 is 5.46 Å². The Morgan fingerprint density at radius 2 is 1.76 bits per heavy atom. The first-order chi connectivity index (χ1) is 9.78. The SMILES string of the molecule is COCOCc1cccc(Cl)c1B1OC(C)(C)C(C)(C)O1. The number of methoxy groups -OCH3 is 1. The molecule has 0 atom stereocenters. The monoisotopic (exact) mass is 312 g/mol. The maximum Gasteiger partial charge on any atom is 0.496 e. The fraction of sp³-hybridized carbons (Fsp3) is 0.600. The van der Waals surface area contributed by atoms with Crippen molar-refractivity contribution in [1.29, 1.82) is 0 Å². The van der Waals surface area contributed by atoms with Gasteiger partial charge in [-0.3, -0.25) is 0 Å². The Morgan fingerprint density at radius 1 is 1.14 bits per heavy atom. The second-order valence-electron chi connectivity index (χ2n) is 6.16. The summed E-state index contributed by atoms with van der Waals surface area (Å²) in [6.07, 6.45) is 0. The van der Waals surface area contributed by atoms with Crippen LogP contribution in [0, 0.1) is 0 Å². The second kappa shape index (κ2) is 6.27. The van der Waals surface area contributed by atoms with Crippen LogP contribution in [0.2, 0.25) is 5.02 Å². The predicted octanol–water partition coefficient (Wildman–Crippen LogP) is 2.76. The summed E-state index contributed by atoms with van der Waals surface area (Å²) in [5, 5.41) is 0.618. The lowest BCUT2D eigenvalue weighted by molar-refractivity contribution is -0.0388. The molecule has 0 N–H and O–H groups in total. The van der Waals surface area contributed by atoms with Gasteiger partial charge in [-0.15, -0.1) is 0 Å². The van der Waals surface area contributed by atoms with Crippen LogP contribution in [0.3, 0.4) is 0 Å². The summed E-state index contributed by atoms with van der Waals surface area (Å²) in [6.45, 7) is 8.70. The third-order valence-corrected chi connectivity index (χ3v) is 4.42. The summed E-state index contributed by atoms with van der Waals surface area (Å²) in [7, 11) is 1.09. The average molecular weight is 313 g/mol. The zero-order valence-electron chi connectivity index (χ0n) is 13.2. The highest BCUT2D eigenvalue weighted by Crippen LogP contribution is 2.37. The van der Waals surface area contributed by atoms with Crippen LogP contribution >= 0.6 is 11.6 Å². The molecule has 0 aliphatic carbocycles. The average Bonchev–Trinajstić information content (AvgIpc) is 2.58. The van der Waals surface area contributed by atoms with Gasteiger partial charge in [0.2, 0.25) is 0 Å². The van der Waals surface area contributed by atoms with E-state index < -0.39 is 18.3 Å². The van der Waals surface area contributed by atoms with Crippen molar-refractivity contribution < 1.29 is 18.8 Å². The highest BCUT2D eigenvalue weighted by Gasteiger charge is 2.52. The van der Waals surface area contributed by atoms with E-state index in [1.54, 1.807) is 7.11 Å². The van der Waals surface area contributed by atoms with Crippen LogP contribution in [0.25, 0.3) is 0 Å². The molecule has 1 aromatic rings. The van der Waals surface area contributed by atoms with E-state index in [-0.39, 0.29) is 6.79 Å². The number of hydrogen-bond acceptors (Lipinski definition) is 4. The first kappa shape index (κ1) is 16.8. The zero-order chi connectivity index (χ0) is 15.7. The van der Waals surface area contributed by atoms with E-state index in [9.17, 15) is 0 Å². The normalized spacial score (nSPS) is 20.0. The topological polar surface area (TPSA) is 36.9 Å². The molecule has 4 nitrogen and oxygen atoms in total. The molecule has 1 aromatic carbocycles. The Kier molecular flexibility index (Phi) is 5.01. The summed E-state index contributed by atoms with van der Waals surface area (Å²) in [4.78, 5) is 0. The quantitative estimate of drug-likeness (QED) is 0.476. The van der Waals surface area contributed by atoms with Crippen molar-refractivity contribution in [3.63, 3.8) is 0 Å². The van der Waals surface area contributed by atoms with Gasteiger partial charge in [0.15, 0.2) is 0 Å². The van der Waals surface area contributed by atoms with Gasteiger partial charge < -0.3 is 18.8 Å². The molecule has 0 unspecified atom stereocenters. The van der Waals surface area contributed by atoms with Crippen molar-refractivity contribution in [2.75, 3.05) is 13.9 Å². The summed E-state index contributed by atoms with van der Waals surface area (Å²) >= 11 is 6.36. The fourth-order valence-electron chi connectivity index (χ4n) is 2.17. The van der Waals surface area contributed by atoms with Crippen molar-refractivity contribution in [1.82, 2.24) is 0 Å². The molecule has 1 fully saturated rings. The van der Waals surface area contributed by atoms with Crippen molar-refractivity contribution in [3.8, 4) is 0 Å². The van der Waals surface area contributed by atoms with Crippen LogP contribution in [0.5, 0.6) is 0 Å². The van der Waals surface area contributed by atoms with Crippen LogP contribution in [0.1, 0.15) is 33.3 Å². The Balaban J connectivity index is 2.27. The molecule has 1 saturated heterocycles. The molecule has 0 spiro atoms. The smallest absolute Gasteiger partial charge is 0.399 e. The lowest BCUT2D eigenvalue weighted by Gasteiger charge is -2.32. The molecule has 0 aromatic heterocycles. The Morgan fingerprint density at radius 3 is 2.33 bits per heavy atom. The van der Waals surface area contributed by atoms with Gasteiger partial charge in [0.05, 0.1) is 17.8 Å². The lowest BCUT2D eigenvalue weighted by atomic mass is 9.76. The van der Waals surface area contributed by atoms with Crippen LogP contribution in [0.4, 0.5) is 0 Å². The summed E-state index contributed by atoms with van der Waals surface area (Å²) in [6, 6.07) is 5.69. The first-order valence-corrected chi connectivity index (χ1v) is 7.36. The van der Waals surface area contributed by atoms with Gasteiger partial charge in [-0.1, -0.05) is 23.7 Å².